The molecule has 17 heavy (non-hydrogen) atoms. The number of nitrogen functional groups attached to an aromatic ring is 1. The number of ether oxygens (including phenoxy) is 1. The molecular weight excluding hydrogens is 242 g/mol. The van der Waals surface area contributed by atoms with Crippen LogP contribution in [0.1, 0.15) is 5.56 Å². The van der Waals surface area contributed by atoms with Gasteiger partial charge in [0.25, 0.3) is 10.2 Å². The zero-order chi connectivity index (χ0) is 12.9. The van der Waals surface area contributed by atoms with Crippen LogP contribution in [0.4, 0.5) is 11.4 Å². The first kappa shape index (κ1) is 13.8. The van der Waals surface area contributed by atoms with Crippen molar-refractivity contribution in [3.63, 3.8) is 0 Å². The van der Waals surface area contributed by atoms with E-state index >= 15 is 0 Å². The lowest BCUT2D eigenvalue weighted by Crippen LogP contribution is -2.32. The molecule has 0 atom stereocenters. The summed E-state index contributed by atoms with van der Waals surface area (Å²) in [5, 5.41) is 0. The van der Waals surface area contributed by atoms with Crippen LogP contribution in [-0.2, 0) is 14.9 Å². The van der Waals surface area contributed by atoms with Crippen LogP contribution in [-0.4, -0.2) is 28.7 Å². The van der Waals surface area contributed by atoms with E-state index in [-0.39, 0.29) is 6.54 Å². The van der Waals surface area contributed by atoms with Gasteiger partial charge in [0.05, 0.1) is 12.3 Å². The molecule has 0 saturated carbocycles. The number of benzene rings is 1. The van der Waals surface area contributed by atoms with Crippen molar-refractivity contribution >= 4 is 21.6 Å². The molecule has 4 N–H and O–H groups in total. The van der Waals surface area contributed by atoms with Gasteiger partial charge < -0.3 is 10.5 Å². The lowest BCUT2D eigenvalue weighted by molar-refractivity contribution is 0.204. The van der Waals surface area contributed by atoms with Gasteiger partial charge in [0, 0.05) is 19.3 Å². The molecule has 0 aliphatic carbocycles. The number of anilines is 2. The second-order valence-electron chi connectivity index (χ2n) is 3.56. The van der Waals surface area contributed by atoms with Crippen molar-refractivity contribution in [2.45, 2.75) is 6.92 Å². The molecular formula is C10H17N3O3S. The highest BCUT2D eigenvalue weighted by molar-refractivity contribution is 7.90. The first-order chi connectivity index (χ1) is 7.94. The second kappa shape index (κ2) is 5.85. The monoisotopic (exact) mass is 259 g/mol. The fourth-order valence-electron chi connectivity index (χ4n) is 1.21. The fraction of sp³-hybridized carbons (Fsp3) is 0.400. The Hall–Kier alpha value is -1.31. The molecule has 1 rings (SSSR count). The molecule has 0 unspecified atom stereocenters. The Morgan fingerprint density at radius 1 is 1.41 bits per heavy atom. The maximum Gasteiger partial charge on any atom is 0.299 e. The van der Waals surface area contributed by atoms with Crippen LogP contribution in [0.25, 0.3) is 0 Å². The zero-order valence-corrected chi connectivity index (χ0v) is 10.7. The third-order valence-electron chi connectivity index (χ3n) is 2.12. The fourth-order valence-corrected chi connectivity index (χ4v) is 2.07. The van der Waals surface area contributed by atoms with Gasteiger partial charge in [-0.05, 0) is 30.7 Å². The van der Waals surface area contributed by atoms with Crippen LogP contribution >= 0.6 is 0 Å². The minimum atomic E-state index is -3.56. The van der Waals surface area contributed by atoms with Crippen molar-refractivity contribution < 1.29 is 13.2 Å². The van der Waals surface area contributed by atoms with Gasteiger partial charge in [-0.3, -0.25) is 4.72 Å². The maximum atomic E-state index is 11.6. The van der Waals surface area contributed by atoms with E-state index in [2.05, 4.69) is 9.44 Å². The Morgan fingerprint density at radius 2 is 2.12 bits per heavy atom. The summed E-state index contributed by atoms with van der Waals surface area (Å²) >= 11 is 0. The Bertz CT molecular complexity index is 474. The molecule has 0 fully saturated rings. The van der Waals surface area contributed by atoms with E-state index in [0.29, 0.717) is 18.0 Å². The van der Waals surface area contributed by atoms with Crippen LogP contribution in [0.15, 0.2) is 18.2 Å². The van der Waals surface area contributed by atoms with Gasteiger partial charge in [-0.15, -0.1) is 0 Å². The highest BCUT2D eigenvalue weighted by Gasteiger charge is 2.09. The van der Waals surface area contributed by atoms with Gasteiger partial charge >= 0.3 is 0 Å². The predicted octanol–water partition coefficient (Wildman–Crippen LogP) is 0.470. The number of nitrogens with one attached hydrogen (secondary N) is 2. The summed E-state index contributed by atoms with van der Waals surface area (Å²) in [6.07, 6.45) is 0. The smallest absolute Gasteiger partial charge is 0.299 e. The van der Waals surface area contributed by atoms with Crippen LogP contribution in [0.2, 0.25) is 0 Å². The first-order valence-electron chi connectivity index (χ1n) is 5.07. The molecule has 0 aliphatic rings. The van der Waals surface area contributed by atoms with Crippen molar-refractivity contribution in [1.82, 2.24) is 4.72 Å². The Balaban J connectivity index is 2.66. The molecule has 6 nitrogen and oxygen atoms in total. The Morgan fingerprint density at radius 3 is 2.71 bits per heavy atom. The summed E-state index contributed by atoms with van der Waals surface area (Å²) in [6.45, 7) is 2.35. The summed E-state index contributed by atoms with van der Waals surface area (Å²) in [7, 11) is -2.05. The minimum Gasteiger partial charge on any atom is -0.399 e. The topological polar surface area (TPSA) is 93.4 Å². The largest absolute Gasteiger partial charge is 0.399 e. The van der Waals surface area contributed by atoms with E-state index in [1.807, 2.05) is 6.92 Å². The van der Waals surface area contributed by atoms with Gasteiger partial charge in [-0.1, -0.05) is 0 Å². The van der Waals surface area contributed by atoms with Gasteiger partial charge in [0.1, 0.15) is 0 Å². The molecule has 0 bridgehead atoms. The normalized spacial score (nSPS) is 11.4. The second-order valence-corrected chi connectivity index (χ2v) is 5.06. The van der Waals surface area contributed by atoms with Crippen molar-refractivity contribution in [3.8, 4) is 0 Å². The number of aryl methyl sites for hydroxylation is 1. The predicted molar refractivity (Wildman–Crippen MR) is 68.0 cm³/mol. The lowest BCUT2D eigenvalue weighted by Gasteiger charge is -2.10. The van der Waals surface area contributed by atoms with E-state index < -0.39 is 10.2 Å². The summed E-state index contributed by atoms with van der Waals surface area (Å²) in [5.74, 6) is 0. The molecule has 0 aromatic heterocycles. The van der Waals surface area contributed by atoms with Crippen LogP contribution in [0.3, 0.4) is 0 Å². The molecule has 0 aliphatic heterocycles. The molecule has 1 aromatic rings. The quantitative estimate of drug-likeness (QED) is 0.511. The molecule has 0 radical (unpaired) electrons. The van der Waals surface area contributed by atoms with E-state index in [4.69, 9.17) is 10.5 Å². The van der Waals surface area contributed by atoms with Gasteiger partial charge in [0.15, 0.2) is 0 Å². The maximum absolute atomic E-state index is 11.6. The van der Waals surface area contributed by atoms with Gasteiger partial charge in [-0.2, -0.15) is 13.1 Å². The van der Waals surface area contributed by atoms with E-state index in [1.54, 1.807) is 18.2 Å². The summed E-state index contributed by atoms with van der Waals surface area (Å²) in [6, 6.07) is 4.94. The molecule has 7 heteroatoms. The molecule has 0 amide bonds. The van der Waals surface area contributed by atoms with Gasteiger partial charge in [0.2, 0.25) is 0 Å². The van der Waals surface area contributed by atoms with Gasteiger partial charge in [-0.25, -0.2) is 0 Å². The van der Waals surface area contributed by atoms with E-state index in [0.717, 1.165) is 5.56 Å². The standard InChI is InChI=1S/C10H17N3O3S/c1-8-7-9(3-4-10(8)11)13-17(14,15)12-5-6-16-2/h3-4,7,12-13H,5-6,11H2,1-2H3. The van der Waals surface area contributed by atoms with E-state index in [9.17, 15) is 8.42 Å². The number of hydrogen-bond acceptors (Lipinski definition) is 4. The third kappa shape index (κ3) is 4.59. The Kier molecular flexibility index (Phi) is 4.73. The molecule has 0 spiro atoms. The summed E-state index contributed by atoms with van der Waals surface area (Å²) in [5.41, 5.74) is 7.56. The first-order valence-corrected chi connectivity index (χ1v) is 6.55. The average molecular weight is 259 g/mol. The van der Waals surface area contributed by atoms with Crippen molar-refractivity contribution in [2.75, 3.05) is 30.7 Å². The molecule has 96 valence electrons. The highest BCUT2D eigenvalue weighted by Crippen LogP contribution is 2.17. The highest BCUT2D eigenvalue weighted by atomic mass is 32.2. The Labute approximate surface area is 101 Å². The summed E-state index contributed by atoms with van der Waals surface area (Å²) < 4.78 is 32.6. The number of methoxy groups -OCH3 is 1. The SMILES string of the molecule is COCCNS(=O)(=O)Nc1ccc(N)c(C)c1. The number of nitrogens with two attached hydrogens (primary N) is 1. The zero-order valence-electron chi connectivity index (χ0n) is 9.86. The van der Waals surface area contributed by atoms with Crippen LogP contribution in [0, 0.1) is 6.92 Å². The molecule has 0 heterocycles. The summed E-state index contributed by atoms with van der Waals surface area (Å²) in [4.78, 5) is 0. The average Bonchev–Trinajstić information content (AvgIpc) is 2.23. The molecule has 1 aromatic carbocycles. The number of rotatable bonds is 6. The molecule has 0 saturated heterocycles. The van der Waals surface area contributed by atoms with Crippen LogP contribution < -0.4 is 15.2 Å². The third-order valence-corrected chi connectivity index (χ3v) is 3.21. The minimum absolute atomic E-state index is 0.222. The lowest BCUT2D eigenvalue weighted by atomic mass is 10.2. The van der Waals surface area contributed by atoms with Crippen molar-refractivity contribution in [2.24, 2.45) is 0 Å². The van der Waals surface area contributed by atoms with Crippen LogP contribution in [0.5, 0.6) is 0 Å². The van der Waals surface area contributed by atoms with Crippen molar-refractivity contribution in [3.05, 3.63) is 23.8 Å². The van der Waals surface area contributed by atoms with Crippen molar-refractivity contribution in [1.29, 1.82) is 0 Å². The number of hydrogen-bond donors (Lipinski definition) is 3. The van der Waals surface area contributed by atoms with E-state index in [1.165, 1.54) is 7.11 Å².